The number of hydrogen-bond donors (Lipinski definition) is 0. The summed E-state index contributed by atoms with van der Waals surface area (Å²) in [5.74, 6) is 0. The van der Waals surface area contributed by atoms with Crippen molar-refractivity contribution in [3.05, 3.63) is 12.4 Å². The van der Waals surface area contributed by atoms with Crippen LogP contribution in [-0.4, -0.2) is 22.9 Å². The van der Waals surface area contributed by atoms with Crippen LogP contribution in [0.5, 0.6) is 0 Å². The zero-order chi connectivity index (χ0) is 4.41. The fourth-order valence-corrected chi connectivity index (χ4v) is 0.267. The van der Waals surface area contributed by atoms with Gasteiger partial charge >= 0.3 is 0 Å². The predicted molar refractivity (Wildman–Crippen MR) is 24.0 cm³/mol. The highest BCUT2D eigenvalue weighted by Crippen LogP contribution is 1.64. The van der Waals surface area contributed by atoms with Crippen LogP contribution in [0.4, 0.5) is 0 Å². The summed E-state index contributed by atoms with van der Waals surface area (Å²) in [6, 6.07) is 0. The topological polar surface area (TPSA) is 30.7 Å². The fourth-order valence-electron chi connectivity index (χ4n) is 0.267. The number of rotatable bonds is 0. The summed E-state index contributed by atoms with van der Waals surface area (Å²) in [5.41, 5.74) is 0. The molecule has 0 spiro atoms. The van der Waals surface area contributed by atoms with Crippen molar-refractivity contribution >= 4 is 7.98 Å². The molecule has 0 aliphatic rings. The molecule has 0 radical (unpaired) electrons. The second-order valence-electron chi connectivity index (χ2n) is 1.08. The van der Waals surface area contributed by atoms with Crippen LogP contribution in [0.25, 0.3) is 0 Å². The molecule has 1 aromatic rings. The van der Waals surface area contributed by atoms with Crippen molar-refractivity contribution in [3.63, 3.8) is 0 Å². The summed E-state index contributed by atoms with van der Waals surface area (Å²) in [6.45, 7) is 0. The van der Waals surface area contributed by atoms with Crippen LogP contribution in [0, 0.1) is 0 Å². The summed E-state index contributed by atoms with van der Waals surface area (Å²) in [6.07, 6.45) is 3.42. The van der Waals surface area contributed by atoms with Gasteiger partial charge in [0, 0.05) is 6.20 Å². The molecule has 0 bridgehead atoms. The van der Waals surface area contributed by atoms with E-state index in [9.17, 15) is 0 Å². The van der Waals surface area contributed by atoms with Crippen molar-refractivity contribution in [1.29, 1.82) is 0 Å². The molecule has 0 aromatic carbocycles. The molecule has 0 saturated carbocycles. The van der Waals surface area contributed by atoms with E-state index in [0.29, 0.717) is 0 Å². The van der Waals surface area contributed by atoms with Crippen molar-refractivity contribution in [2.24, 2.45) is 0 Å². The Morgan fingerprint density at radius 2 is 2.50 bits per heavy atom. The van der Waals surface area contributed by atoms with E-state index in [0.717, 1.165) is 0 Å². The molecular formula is C2H4BN3. The summed E-state index contributed by atoms with van der Waals surface area (Å²) < 4.78 is 1.64. The highest BCUT2D eigenvalue weighted by molar-refractivity contribution is 6.05. The normalized spacial score (nSPS) is 8.67. The average Bonchev–Trinajstić information content (AvgIpc) is 1.86. The first kappa shape index (κ1) is 3.40. The minimum atomic E-state index is 1.64. The molecule has 1 rings (SSSR count). The summed E-state index contributed by atoms with van der Waals surface area (Å²) in [5, 5.41) is 7.12. The third-order valence-corrected chi connectivity index (χ3v) is 0.542. The number of hydrogen-bond acceptors (Lipinski definition) is 2. The van der Waals surface area contributed by atoms with Gasteiger partial charge in [0.05, 0.1) is 6.20 Å². The van der Waals surface area contributed by atoms with E-state index < -0.39 is 0 Å². The number of aromatic nitrogens is 3. The lowest BCUT2D eigenvalue weighted by Gasteiger charge is -1.74. The molecule has 3 nitrogen and oxygen atoms in total. The molecule has 0 unspecified atom stereocenters. The Kier molecular flexibility index (Phi) is 0.635. The van der Waals surface area contributed by atoms with Gasteiger partial charge < -0.3 is 4.59 Å². The Morgan fingerprint density at radius 1 is 1.67 bits per heavy atom. The second kappa shape index (κ2) is 1.12. The van der Waals surface area contributed by atoms with Gasteiger partial charge in [-0.15, -0.1) is 5.10 Å². The molecule has 30 valence electrons. The minimum Gasteiger partial charge on any atom is -0.307 e. The smallest absolute Gasteiger partial charge is 0.251 e. The first-order chi connectivity index (χ1) is 2.89. The maximum Gasteiger partial charge on any atom is 0.251 e. The third-order valence-electron chi connectivity index (χ3n) is 0.542. The molecule has 1 heterocycles. The highest BCUT2D eigenvalue weighted by atomic mass is 15.4. The van der Waals surface area contributed by atoms with E-state index in [1.54, 1.807) is 17.0 Å². The molecule has 0 N–H and O–H groups in total. The molecule has 6 heavy (non-hydrogen) atoms. The van der Waals surface area contributed by atoms with Crippen LogP contribution < -0.4 is 0 Å². The van der Waals surface area contributed by atoms with E-state index in [1.807, 2.05) is 7.98 Å². The quantitative estimate of drug-likeness (QED) is 0.362. The van der Waals surface area contributed by atoms with E-state index in [-0.39, 0.29) is 0 Å². The standard InChI is InChI=1S/C2H4BN3/c3-6-2-1-4-5-6/h1-2H,3H2. The summed E-state index contributed by atoms with van der Waals surface area (Å²) in [4.78, 5) is 0. The van der Waals surface area contributed by atoms with Gasteiger partial charge in [0.15, 0.2) is 0 Å². The Morgan fingerprint density at radius 3 is 2.67 bits per heavy atom. The first-order valence-corrected chi connectivity index (χ1v) is 1.70. The Bertz CT molecular complexity index is 112. The predicted octanol–water partition coefficient (Wildman–Crippen LogP) is -1.33. The van der Waals surface area contributed by atoms with Crippen molar-refractivity contribution in [1.82, 2.24) is 14.9 Å². The van der Waals surface area contributed by atoms with Gasteiger partial charge in [0.2, 0.25) is 0 Å². The zero-order valence-corrected chi connectivity index (χ0v) is 3.50. The summed E-state index contributed by atoms with van der Waals surface area (Å²) >= 11 is 0. The van der Waals surface area contributed by atoms with Gasteiger partial charge in [0.1, 0.15) is 0 Å². The molecule has 0 aliphatic heterocycles. The second-order valence-corrected chi connectivity index (χ2v) is 1.08. The van der Waals surface area contributed by atoms with Crippen LogP contribution in [0.1, 0.15) is 0 Å². The van der Waals surface area contributed by atoms with Gasteiger partial charge in [-0.1, -0.05) is 5.21 Å². The van der Waals surface area contributed by atoms with Crippen molar-refractivity contribution in [2.45, 2.75) is 0 Å². The van der Waals surface area contributed by atoms with Crippen LogP contribution >= 0.6 is 0 Å². The molecule has 4 heteroatoms. The van der Waals surface area contributed by atoms with Gasteiger partial charge in [-0.25, -0.2) is 0 Å². The monoisotopic (exact) mass is 81.0 g/mol. The molecule has 0 saturated heterocycles. The average molecular weight is 80.9 g/mol. The minimum absolute atomic E-state index is 1.64. The molecule has 0 atom stereocenters. The molecule has 0 aliphatic carbocycles. The van der Waals surface area contributed by atoms with Crippen LogP contribution in [0.15, 0.2) is 12.4 Å². The van der Waals surface area contributed by atoms with Gasteiger partial charge in [-0.3, -0.25) is 0 Å². The lowest BCUT2D eigenvalue weighted by Crippen LogP contribution is -1.89. The lowest BCUT2D eigenvalue weighted by molar-refractivity contribution is 0.878. The fraction of sp³-hybridized carbons (Fsp3) is 0. The van der Waals surface area contributed by atoms with E-state index in [4.69, 9.17) is 0 Å². The largest absolute Gasteiger partial charge is 0.307 e. The molecular weight excluding hydrogens is 76.9 g/mol. The summed E-state index contributed by atoms with van der Waals surface area (Å²) in [7, 11) is 1.83. The lowest BCUT2D eigenvalue weighted by atomic mass is 10.5. The zero-order valence-electron chi connectivity index (χ0n) is 3.50. The van der Waals surface area contributed by atoms with E-state index >= 15 is 0 Å². The van der Waals surface area contributed by atoms with Crippen LogP contribution in [-0.2, 0) is 0 Å². The molecule has 0 amide bonds. The maximum atomic E-state index is 3.58. The van der Waals surface area contributed by atoms with Crippen molar-refractivity contribution in [3.8, 4) is 0 Å². The molecule has 1 aromatic heterocycles. The Labute approximate surface area is 36.4 Å². The van der Waals surface area contributed by atoms with Gasteiger partial charge in [0.25, 0.3) is 7.98 Å². The maximum absolute atomic E-state index is 3.58. The van der Waals surface area contributed by atoms with Gasteiger partial charge in [-0.05, 0) is 0 Å². The van der Waals surface area contributed by atoms with E-state index in [1.165, 1.54) is 0 Å². The van der Waals surface area contributed by atoms with Crippen LogP contribution in [0.2, 0.25) is 0 Å². The SMILES string of the molecule is Bn1ccnn1. The van der Waals surface area contributed by atoms with Crippen molar-refractivity contribution in [2.75, 3.05) is 0 Å². The number of nitrogens with zero attached hydrogens (tertiary/aromatic N) is 3. The Hall–Kier alpha value is -0.795. The first-order valence-electron chi connectivity index (χ1n) is 1.70. The highest BCUT2D eigenvalue weighted by Gasteiger charge is 1.71. The molecule has 0 fully saturated rings. The van der Waals surface area contributed by atoms with E-state index in [2.05, 4.69) is 10.3 Å². The van der Waals surface area contributed by atoms with Crippen LogP contribution in [0.3, 0.4) is 0 Å². The van der Waals surface area contributed by atoms with Gasteiger partial charge in [-0.2, -0.15) is 0 Å². The van der Waals surface area contributed by atoms with Crippen molar-refractivity contribution < 1.29 is 0 Å². The third kappa shape index (κ3) is 0.405. The Balaban J connectivity index is 3.05.